The molecular weight excluding hydrogens is 122 g/mol. The fourth-order valence-corrected chi connectivity index (χ4v) is 1.44. The van der Waals surface area contributed by atoms with Gasteiger partial charge in [0, 0.05) is 6.54 Å². The van der Waals surface area contributed by atoms with Crippen molar-refractivity contribution in [3.63, 3.8) is 0 Å². The number of rotatable bonds is 2. The molecule has 0 spiro atoms. The van der Waals surface area contributed by atoms with Gasteiger partial charge in [-0.15, -0.1) is 0 Å². The molecule has 0 radical (unpaired) electrons. The van der Waals surface area contributed by atoms with Gasteiger partial charge in [-0.2, -0.15) is 0 Å². The van der Waals surface area contributed by atoms with E-state index in [2.05, 4.69) is 17.5 Å². The summed E-state index contributed by atoms with van der Waals surface area (Å²) in [5.74, 6) is 1.81. The van der Waals surface area contributed by atoms with Crippen molar-refractivity contribution in [1.82, 2.24) is 5.32 Å². The molecule has 0 bridgehead atoms. The molecular formula is C9H15N. The van der Waals surface area contributed by atoms with Gasteiger partial charge < -0.3 is 5.32 Å². The normalized spacial score (nSPS) is 33.8. The molecule has 0 amide bonds. The van der Waals surface area contributed by atoms with Gasteiger partial charge in [-0.25, -0.2) is 0 Å². The van der Waals surface area contributed by atoms with E-state index in [0.29, 0.717) is 0 Å². The molecule has 1 heteroatoms. The summed E-state index contributed by atoms with van der Waals surface area (Å²) in [6.45, 7) is 2.43. The van der Waals surface area contributed by atoms with Crippen molar-refractivity contribution >= 4 is 0 Å². The number of allylic oxidation sites excluding steroid dienone is 1. The molecule has 1 aliphatic heterocycles. The Morgan fingerprint density at radius 1 is 1.00 bits per heavy atom. The summed E-state index contributed by atoms with van der Waals surface area (Å²) >= 11 is 0. The SMILES string of the molecule is C(=C\C1CCNC1)/C1CC1. The molecule has 2 rings (SSSR count). The van der Waals surface area contributed by atoms with Gasteiger partial charge in [-0.1, -0.05) is 12.2 Å². The lowest BCUT2D eigenvalue weighted by molar-refractivity contribution is 0.723. The van der Waals surface area contributed by atoms with Crippen LogP contribution in [-0.2, 0) is 0 Å². The highest BCUT2D eigenvalue weighted by Gasteiger charge is 2.18. The molecule has 1 unspecified atom stereocenters. The second-order valence-corrected chi connectivity index (χ2v) is 3.48. The van der Waals surface area contributed by atoms with Crippen LogP contribution in [0.5, 0.6) is 0 Å². The van der Waals surface area contributed by atoms with Crippen LogP contribution in [0.2, 0.25) is 0 Å². The summed E-state index contributed by atoms with van der Waals surface area (Å²) in [6.07, 6.45) is 9.06. The van der Waals surface area contributed by atoms with E-state index in [9.17, 15) is 0 Å². The Hall–Kier alpha value is -0.300. The fourth-order valence-electron chi connectivity index (χ4n) is 1.44. The molecule has 56 valence electrons. The van der Waals surface area contributed by atoms with E-state index in [0.717, 1.165) is 11.8 Å². The Balaban J connectivity index is 1.76. The maximum absolute atomic E-state index is 3.37. The molecule has 0 aromatic heterocycles. The predicted octanol–water partition coefficient (Wildman–Crippen LogP) is 1.56. The smallest absolute Gasteiger partial charge is 0.00146 e. The predicted molar refractivity (Wildman–Crippen MR) is 42.8 cm³/mol. The average Bonchev–Trinajstić information content (AvgIpc) is 2.63. The van der Waals surface area contributed by atoms with Crippen LogP contribution in [0.25, 0.3) is 0 Å². The number of hydrogen-bond acceptors (Lipinski definition) is 1. The molecule has 0 aromatic carbocycles. The molecule has 1 heterocycles. The summed E-state index contributed by atoms with van der Waals surface area (Å²) in [7, 11) is 0. The molecule has 1 nitrogen and oxygen atoms in total. The van der Waals surface area contributed by atoms with Crippen molar-refractivity contribution in [3.05, 3.63) is 12.2 Å². The lowest BCUT2D eigenvalue weighted by atomic mass is 10.1. The van der Waals surface area contributed by atoms with Gasteiger partial charge in [0.15, 0.2) is 0 Å². The Morgan fingerprint density at radius 2 is 1.80 bits per heavy atom. The van der Waals surface area contributed by atoms with Crippen molar-refractivity contribution in [1.29, 1.82) is 0 Å². The Bertz CT molecular complexity index is 130. The highest BCUT2D eigenvalue weighted by atomic mass is 14.9. The zero-order chi connectivity index (χ0) is 6.81. The van der Waals surface area contributed by atoms with Gasteiger partial charge in [-0.3, -0.25) is 0 Å². The molecule has 1 N–H and O–H groups in total. The van der Waals surface area contributed by atoms with Gasteiger partial charge in [0.05, 0.1) is 0 Å². The zero-order valence-electron chi connectivity index (χ0n) is 6.34. The molecule has 1 aliphatic carbocycles. The standard InChI is InChI=1S/C9H15N/c1-2-8(1)3-4-9-5-6-10-7-9/h3-4,8-10H,1-2,5-7H2/b4-3+. The molecule has 2 fully saturated rings. The van der Waals surface area contributed by atoms with E-state index in [4.69, 9.17) is 0 Å². The molecule has 1 saturated carbocycles. The first-order valence-corrected chi connectivity index (χ1v) is 4.34. The number of nitrogens with one attached hydrogen (secondary N) is 1. The van der Waals surface area contributed by atoms with Crippen molar-refractivity contribution in [2.45, 2.75) is 19.3 Å². The highest BCUT2D eigenvalue weighted by Crippen LogP contribution is 2.30. The monoisotopic (exact) mass is 137 g/mol. The highest BCUT2D eigenvalue weighted by molar-refractivity contribution is 5.00. The van der Waals surface area contributed by atoms with Gasteiger partial charge in [0.1, 0.15) is 0 Å². The van der Waals surface area contributed by atoms with Crippen LogP contribution in [0.3, 0.4) is 0 Å². The fraction of sp³-hybridized carbons (Fsp3) is 0.778. The molecule has 2 aliphatic rings. The first-order chi connectivity index (χ1) is 4.95. The van der Waals surface area contributed by atoms with Crippen LogP contribution in [0.1, 0.15) is 19.3 Å². The summed E-state index contributed by atoms with van der Waals surface area (Å²) < 4.78 is 0. The van der Waals surface area contributed by atoms with Crippen LogP contribution in [-0.4, -0.2) is 13.1 Å². The van der Waals surface area contributed by atoms with E-state index in [1.165, 1.54) is 32.4 Å². The second kappa shape index (κ2) is 2.75. The van der Waals surface area contributed by atoms with E-state index in [1.54, 1.807) is 0 Å². The lowest BCUT2D eigenvalue weighted by Gasteiger charge is -1.97. The second-order valence-electron chi connectivity index (χ2n) is 3.48. The maximum atomic E-state index is 3.37. The van der Waals surface area contributed by atoms with Crippen LogP contribution >= 0.6 is 0 Å². The summed E-state index contributed by atoms with van der Waals surface area (Å²) in [5.41, 5.74) is 0. The van der Waals surface area contributed by atoms with E-state index in [-0.39, 0.29) is 0 Å². The van der Waals surface area contributed by atoms with Crippen LogP contribution in [0.4, 0.5) is 0 Å². The largest absolute Gasteiger partial charge is 0.316 e. The quantitative estimate of drug-likeness (QED) is 0.569. The van der Waals surface area contributed by atoms with Crippen LogP contribution in [0.15, 0.2) is 12.2 Å². The van der Waals surface area contributed by atoms with Crippen molar-refractivity contribution < 1.29 is 0 Å². The van der Waals surface area contributed by atoms with Crippen LogP contribution < -0.4 is 5.32 Å². The lowest BCUT2D eigenvalue weighted by Crippen LogP contribution is -2.07. The van der Waals surface area contributed by atoms with Gasteiger partial charge >= 0.3 is 0 Å². The molecule has 10 heavy (non-hydrogen) atoms. The van der Waals surface area contributed by atoms with Crippen molar-refractivity contribution in [2.75, 3.05) is 13.1 Å². The third kappa shape index (κ3) is 1.60. The zero-order valence-corrected chi connectivity index (χ0v) is 6.34. The topological polar surface area (TPSA) is 12.0 Å². The maximum Gasteiger partial charge on any atom is 0.00146 e. The van der Waals surface area contributed by atoms with Crippen molar-refractivity contribution in [2.24, 2.45) is 11.8 Å². The van der Waals surface area contributed by atoms with E-state index >= 15 is 0 Å². The summed E-state index contributed by atoms with van der Waals surface area (Å²) in [5, 5.41) is 3.37. The van der Waals surface area contributed by atoms with E-state index in [1.807, 2.05) is 0 Å². The third-order valence-corrected chi connectivity index (χ3v) is 2.38. The number of hydrogen-bond donors (Lipinski definition) is 1. The Labute approximate surface area is 62.5 Å². The molecule has 1 atom stereocenters. The minimum absolute atomic E-state index is 0.848. The van der Waals surface area contributed by atoms with Gasteiger partial charge in [0.2, 0.25) is 0 Å². The third-order valence-electron chi connectivity index (χ3n) is 2.38. The summed E-state index contributed by atoms with van der Waals surface area (Å²) in [6, 6.07) is 0. The minimum atomic E-state index is 0.848. The minimum Gasteiger partial charge on any atom is -0.316 e. The van der Waals surface area contributed by atoms with Gasteiger partial charge in [0.25, 0.3) is 0 Å². The molecule has 1 saturated heterocycles. The molecule has 0 aromatic rings. The van der Waals surface area contributed by atoms with Crippen molar-refractivity contribution in [3.8, 4) is 0 Å². The Kier molecular flexibility index (Phi) is 1.76. The average molecular weight is 137 g/mol. The van der Waals surface area contributed by atoms with Crippen LogP contribution in [0, 0.1) is 11.8 Å². The first-order valence-electron chi connectivity index (χ1n) is 4.34. The van der Waals surface area contributed by atoms with E-state index < -0.39 is 0 Å². The first kappa shape index (κ1) is 6.41. The summed E-state index contributed by atoms with van der Waals surface area (Å²) in [4.78, 5) is 0. The Morgan fingerprint density at radius 3 is 2.40 bits per heavy atom. The van der Waals surface area contributed by atoms with Gasteiger partial charge in [-0.05, 0) is 37.6 Å².